The Morgan fingerprint density at radius 2 is 1.08 bits per heavy atom. The third-order valence-corrected chi connectivity index (χ3v) is 12.7. The van der Waals surface area contributed by atoms with Crippen LogP contribution in [-0.2, 0) is 38.1 Å². The number of carbonyl (C=O) groups excluding carboxylic acids is 4. The summed E-state index contributed by atoms with van der Waals surface area (Å²) in [6.45, 7) is 13.8. The lowest BCUT2D eigenvalue weighted by Crippen LogP contribution is -2.44. The lowest BCUT2D eigenvalue weighted by Gasteiger charge is -2.32. The van der Waals surface area contributed by atoms with E-state index in [9.17, 15) is 19.2 Å². The Balaban J connectivity index is 2.60. The molecular weight excluding hydrogens is 745 g/mol. The molecule has 1 aliphatic rings. The fourth-order valence-corrected chi connectivity index (χ4v) is 7.75. The highest BCUT2D eigenvalue weighted by atomic mass is 16.5. The molecule has 1 heterocycles. The van der Waals surface area contributed by atoms with Crippen LogP contribution in [0.4, 0.5) is 0 Å². The standard InChI is InChI=1S/C49H92N2O8/c1-8-12-14-16-18-20-22-24-26-28-30-32-46(54)57-40-42-38-43(59-47(55)33-31-29-27-25-23-21-19-17-15-13-9-2)39-51(42)45(53)35-34-44(52)50-41-49(6,11-4)58-37-36-48(5,10-3)56-7/h42-43H,8-41H2,1-7H3,(H,50,52)/t42-,43+,48?,49?/m0/s1. The summed E-state index contributed by atoms with van der Waals surface area (Å²) >= 11 is 0. The number of methoxy groups -OCH3 is 1. The SMILES string of the molecule is CCCCCCCCCCCCCC(=O)OC[C@@H]1C[C@@H](OC(=O)CCCCCCCCCCCCC)CN1C(=O)CCC(=O)NCC(C)(CC)OCCC(C)(CC)OC. The van der Waals surface area contributed by atoms with Crippen LogP contribution in [0.15, 0.2) is 0 Å². The van der Waals surface area contributed by atoms with Crippen molar-refractivity contribution < 1.29 is 38.1 Å². The number of rotatable bonds is 39. The lowest BCUT2D eigenvalue weighted by molar-refractivity contribution is -0.149. The molecule has 0 saturated carbocycles. The van der Waals surface area contributed by atoms with Crippen LogP contribution in [0.25, 0.3) is 0 Å². The fourth-order valence-electron chi connectivity index (χ4n) is 7.75. The molecule has 1 rings (SSSR count). The highest BCUT2D eigenvalue weighted by molar-refractivity contribution is 5.84. The van der Waals surface area contributed by atoms with Gasteiger partial charge >= 0.3 is 11.9 Å². The van der Waals surface area contributed by atoms with Crippen LogP contribution in [-0.4, -0.2) is 85.4 Å². The van der Waals surface area contributed by atoms with E-state index in [0.717, 1.165) is 57.8 Å². The molecule has 0 aromatic rings. The Morgan fingerprint density at radius 1 is 0.610 bits per heavy atom. The van der Waals surface area contributed by atoms with Crippen molar-refractivity contribution in [3.63, 3.8) is 0 Å². The van der Waals surface area contributed by atoms with Crippen molar-refractivity contribution in [1.82, 2.24) is 10.2 Å². The second-order valence-electron chi connectivity index (χ2n) is 18.0. The lowest BCUT2D eigenvalue weighted by atomic mass is 9.98. The maximum atomic E-state index is 13.6. The van der Waals surface area contributed by atoms with Crippen molar-refractivity contribution in [3.05, 3.63) is 0 Å². The molecule has 346 valence electrons. The summed E-state index contributed by atoms with van der Waals surface area (Å²) in [5.41, 5.74) is -0.787. The second kappa shape index (κ2) is 34.4. The molecule has 0 spiro atoms. The maximum Gasteiger partial charge on any atom is 0.306 e. The van der Waals surface area contributed by atoms with Gasteiger partial charge in [0.1, 0.15) is 12.7 Å². The quantitative estimate of drug-likeness (QED) is 0.0480. The first-order valence-corrected chi connectivity index (χ1v) is 24.5. The third-order valence-electron chi connectivity index (χ3n) is 12.7. The number of esters is 2. The van der Waals surface area contributed by atoms with Crippen LogP contribution < -0.4 is 5.32 Å². The maximum absolute atomic E-state index is 13.6. The van der Waals surface area contributed by atoms with Gasteiger partial charge in [-0.25, -0.2) is 0 Å². The van der Waals surface area contributed by atoms with Gasteiger partial charge < -0.3 is 29.2 Å². The van der Waals surface area contributed by atoms with E-state index in [0.29, 0.717) is 32.4 Å². The average Bonchev–Trinajstić information content (AvgIpc) is 3.64. The van der Waals surface area contributed by atoms with Crippen molar-refractivity contribution in [2.45, 2.75) is 258 Å². The Morgan fingerprint density at radius 3 is 1.56 bits per heavy atom. The molecule has 0 aromatic heterocycles. The predicted molar refractivity (Wildman–Crippen MR) is 240 cm³/mol. The first-order valence-electron chi connectivity index (χ1n) is 24.5. The van der Waals surface area contributed by atoms with E-state index in [1.807, 2.05) is 13.8 Å². The van der Waals surface area contributed by atoms with Crippen LogP contribution in [0.1, 0.15) is 234 Å². The Labute approximate surface area is 362 Å². The number of hydrogen-bond donors (Lipinski definition) is 1. The monoisotopic (exact) mass is 837 g/mol. The van der Waals surface area contributed by atoms with E-state index in [-0.39, 0.29) is 55.3 Å². The molecule has 1 fully saturated rings. The zero-order valence-corrected chi connectivity index (χ0v) is 39.4. The van der Waals surface area contributed by atoms with Crippen LogP contribution >= 0.6 is 0 Å². The summed E-state index contributed by atoms with van der Waals surface area (Å²) in [6, 6.07) is -0.399. The van der Waals surface area contributed by atoms with E-state index in [4.69, 9.17) is 18.9 Å². The number of nitrogens with one attached hydrogen (secondary N) is 1. The summed E-state index contributed by atoms with van der Waals surface area (Å²) < 4.78 is 23.4. The number of hydrogen-bond acceptors (Lipinski definition) is 8. The minimum atomic E-state index is -0.538. The molecule has 10 nitrogen and oxygen atoms in total. The van der Waals surface area contributed by atoms with E-state index in [1.54, 1.807) is 12.0 Å². The Bertz CT molecular complexity index is 1100. The van der Waals surface area contributed by atoms with Gasteiger partial charge in [0.05, 0.1) is 30.4 Å². The molecule has 10 heteroatoms. The molecule has 1 aliphatic heterocycles. The van der Waals surface area contributed by atoms with Crippen molar-refractivity contribution in [3.8, 4) is 0 Å². The fraction of sp³-hybridized carbons (Fsp3) is 0.918. The van der Waals surface area contributed by atoms with Gasteiger partial charge in [-0.3, -0.25) is 19.2 Å². The second-order valence-corrected chi connectivity index (χ2v) is 18.0. The topological polar surface area (TPSA) is 120 Å². The molecular formula is C49H92N2O8. The van der Waals surface area contributed by atoms with E-state index in [2.05, 4.69) is 33.0 Å². The molecule has 1 N–H and O–H groups in total. The van der Waals surface area contributed by atoms with Crippen LogP contribution in [0.3, 0.4) is 0 Å². The van der Waals surface area contributed by atoms with Crippen molar-refractivity contribution in [1.29, 1.82) is 0 Å². The Hall–Kier alpha value is -2.20. The van der Waals surface area contributed by atoms with Crippen molar-refractivity contribution in [2.24, 2.45) is 0 Å². The summed E-state index contributed by atoms with van der Waals surface area (Å²) in [4.78, 5) is 53.8. The first kappa shape index (κ1) is 54.8. The number of amides is 2. The van der Waals surface area contributed by atoms with Gasteiger partial charge in [0, 0.05) is 45.8 Å². The number of ether oxygens (including phenoxy) is 4. The van der Waals surface area contributed by atoms with Gasteiger partial charge in [0.25, 0.3) is 0 Å². The van der Waals surface area contributed by atoms with Gasteiger partial charge in [0.15, 0.2) is 0 Å². The number of likely N-dealkylation sites (tertiary alicyclic amines) is 1. The molecule has 0 aliphatic carbocycles. The Kier molecular flexibility index (Phi) is 32.0. The summed E-state index contributed by atoms with van der Waals surface area (Å²) in [6.07, 6.45) is 29.7. The van der Waals surface area contributed by atoms with Crippen molar-refractivity contribution >= 4 is 23.8 Å². The van der Waals surface area contributed by atoms with Gasteiger partial charge in [-0.05, 0) is 46.0 Å². The smallest absolute Gasteiger partial charge is 0.306 e. The van der Waals surface area contributed by atoms with E-state index >= 15 is 0 Å². The molecule has 1 saturated heterocycles. The minimum absolute atomic E-state index is 0.0147. The molecule has 0 bridgehead atoms. The average molecular weight is 837 g/mol. The molecule has 2 amide bonds. The zero-order valence-electron chi connectivity index (χ0n) is 39.4. The normalized spacial score (nSPS) is 17.4. The highest BCUT2D eigenvalue weighted by Gasteiger charge is 2.38. The van der Waals surface area contributed by atoms with Gasteiger partial charge in [-0.2, -0.15) is 0 Å². The largest absolute Gasteiger partial charge is 0.463 e. The molecule has 2 unspecified atom stereocenters. The van der Waals surface area contributed by atoms with E-state index in [1.165, 1.54) is 103 Å². The van der Waals surface area contributed by atoms with Crippen LogP contribution in [0.5, 0.6) is 0 Å². The minimum Gasteiger partial charge on any atom is -0.463 e. The summed E-state index contributed by atoms with van der Waals surface area (Å²) in [7, 11) is 1.72. The molecule has 4 atom stereocenters. The van der Waals surface area contributed by atoms with Gasteiger partial charge in [-0.15, -0.1) is 0 Å². The van der Waals surface area contributed by atoms with Gasteiger partial charge in [-0.1, -0.05) is 156 Å². The summed E-state index contributed by atoms with van der Waals surface area (Å²) in [5, 5.41) is 2.97. The first-order chi connectivity index (χ1) is 28.4. The zero-order chi connectivity index (χ0) is 43.6. The van der Waals surface area contributed by atoms with Crippen LogP contribution in [0, 0.1) is 0 Å². The predicted octanol–water partition coefficient (Wildman–Crippen LogP) is 11.7. The number of carbonyl (C=O) groups is 4. The number of nitrogens with zero attached hydrogens (tertiary/aromatic N) is 1. The van der Waals surface area contributed by atoms with Crippen molar-refractivity contribution in [2.75, 3.05) is 33.4 Å². The highest BCUT2D eigenvalue weighted by Crippen LogP contribution is 2.25. The summed E-state index contributed by atoms with van der Waals surface area (Å²) in [5.74, 6) is -0.925. The number of unbranched alkanes of at least 4 members (excludes halogenated alkanes) is 20. The van der Waals surface area contributed by atoms with Crippen LogP contribution in [0.2, 0.25) is 0 Å². The molecule has 59 heavy (non-hydrogen) atoms. The van der Waals surface area contributed by atoms with Gasteiger partial charge in [0.2, 0.25) is 11.8 Å². The molecule has 0 aromatic carbocycles. The van der Waals surface area contributed by atoms with E-state index < -0.39 is 17.7 Å². The molecule has 0 radical (unpaired) electrons. The third kappa shape index (κ3) is 27.4.